The molecule has 1 aliphatic rings. The van der Waals surface area contributed by atoms with Gasteiger partial charge in [-0.15, -0.1) is 0 Å². The number of hydrogen-bond donors (Lipinski definition) is 2. The predicted octanol–water partition coefficient (Wildman–Crippen LogP) is 4.03. The van der Waals surface area contributed by atoms with Crippen molar-refractivity contribution >= 4 is 29.0 Å². The molecule has 0 aliphatic carbocycles. The molecule has 0 spiro atoms. The summed E-state index contributed by atoms with van der Waals surface area (Å²) in [5.74, 6) is 1.01. The summed E-state index contributed by atoms with van der Waals surface area (Å²) >= 11 is 6.55. The van der Waals surface area contributed by atoms with E-state index in [9.17, 15) is 9.90 Å². The number of hydrogen-bond acceptors (Lipinski definition) is 7. The first-order chi connectivity index (χ1) is 15.9. The molecule has 0 atom stereocenters. The molecule has 0 saturated carbocycles. The van der Waals surface area contributed by atoms with E-state index in [4.69, 9.17) is 16.3 Å². The Morgan fingerprint density at radius 1 is 1.12 bits per heavy atom. The van der Waals surface area contributed by atoms with Crippen LogP contribution in [0.3, 0.4) is 0 Å². The van der Waals surface area contributed by atoms with Gasteiger partial charge in [0.1, 0.15) is 17.3 Å². The van der Waals surface area contributed by atoms with Crippen molar-refractivity contribution in [2.24, 2.45) is 0 Å². The van der Waals surface area contributed by atoms with Gasteiger partial charge in [-0.1, -0.05) is 11.6 Å². The van der Waals surface area contributed by atoms with Gasteiger partial charge in [0.25, 0.3) is 5.91 Å². The molecule has 33 heavy (non-hydrogen) atoms. The molecule has 0 radical (unpaired) electrons. The molecule has 2 aromatic carbocycles. The van der Waals surface area contributed by atoms with Crippen LogP contribution >= 0.6 is 11.6 Å². The number of rotatable bonds is 5. The molecule has 1 amide bonds. The van der Waals surface area contributed by atoms with Crippen molar-refractivity contribution in [2.75, 3.05) is 45.7 Å². The fraction of sp³-hybridized carbons (Fsp3) is 0.292. The van der Waals surface area contributed by atoms with Crippen LogP contribution in [0.15, 0.2) is 48.8 Å². The van der Waals surface area contributed by atoms with Gasteiger partial charge in [-0.25, -0.2) is 4.98 Å². The molecule has 2 N–H and O–H groups in total. The Bertz CT molecular complexity index is 1140. The van der Waals surface area contributed by atoms with Gasteiger partial charge in [-0.3, -0.25) is 9.78 Å². The third kappa shape index (κ3) is 5.35. The van der Waals surface area contributed by atoms with Crippen LogP contribution in [0.4, 0.5) is 11.5 Å². The Balaban J connectivity index is 1.58. The standard InChI is InChI=1S/C24H26ClN5O3/c1-29-8-3-9-30(11-10-29)24(32)18-12-19(25)20(13-22(18)33-2)27-23-15-26-14-21(28-23)16-4-6-17(31)7-5-16/h4-7,12-15,31H,3,8-11H2,1-2H3,(H,27,28). The highest BCUT2D eigenvalue weighted by Gasteiger charge is 2.23. The Labute approximate surface area is 197 Å². The zero-order chi connectivity index (χ0) is 23.4. The van der Waals surface area contributed by atoms with Gasteiger partial charge in [0.15, 0.2) is 0 Å². The van der Waals surface area contributed by atoms with Crippen LogP contribution in [-0.4, -0.2) is 71.1 Å². The van der Waals surface area contributed by atoms with E-state index >= 15 is 0 Å². The number of likely N-dealkylation sites (N-methyl/N-ethyl adjacent to an activating group) is 1. The SMILES string of the molecule is COc1cc(Nc2cncc(-c3ccc(O)cc3)n2)c(Cl)cc1C(=O)N1CCCN(C)CC1. The van der Waals surface area contributed by atoms with Crippen LogP contribution in [0, 0.1) is 0 Å². The molecule has 0 bridgehead atoms. The van der Waals surface area contributed by atoms with E-state index in [0.29, 0.717) is 46.6 Å². The lowest BCUT2D eigenvalue weighted by Gasteiger charge is -2.22. The first-order valence-electron chi connectivity index (χ1n) is 10.7. The number of halogens is 1. The predicted molar refractivity (Wildman–Crippen MR) is 128 cm³/mol. The van der Waals surface area contributed by atoms with E-state index in [1.807, 2.05) is 4.90 Å². The van der Waals surface area contributed by atoms with E-state index in [0.717, 1.165) is 25.1 Å². The van der Waals surface area contributed by atoms with E-state index in [1.54, 1.807) is 48.8 Å². The van der Waals surface area contributed by atoms with E-state index < -0.39 is 0 Å². The normalized spacial score (nSPS) is 14.6. The monoisotopic (exact) mass is 467 g/mol. The van der Waals surface area contributed by atoms with Crippen LogP contribution in [0.1, 0.15) is 16.8 Å². The first-order valence-corrected chi connectivity index (χ1v) is 11.1. The topological polar surface area (TPSA) is 90.8 Å². The second-order valence-corrected chi connectivity index (χ2v) is 8.35. The van der Waals surface area contributed by atoms with Gasteiger partial charge < -0.3 is 25.0 Å². The van der Waals surface area contributed by atoms with Gasteiger partial charge in [0.2, 0.25) is 0 Å². The smallest absolute Gasteiger partial charge is 0.257 e. The lowest BCUT2D eigenvalue weighted by molar-refractivity contribution is 0.0759. The van der Waals surface area contributed by atoms with Crippen LogP contribution < -0.4 is 10.1 Å². The molecule has 1 saturated heterocycles. The summed E-state index contributed by atoms with van der Waals surface area (Å²) in [6, 6.07) is 10.1. The molecule has 8 nitrogen and oxygen atoms in total. The third-order valence-corrected chi connectivity index (χ3v) is 5.90. The van der Waals surface area contributed by atoms with Gasteiger partial charge in [0.05, 0.1) is 41.5 Å². The number of benzene rings is 2. The first kappa shape index (κ1) is 22.8. The number of aromatic nitrogens is 2. The lowest BCUT2D eigenvalue weighted by atomic mass is 10.1. The summed E-state index contributed by atoms with van der Waals surface area (Å²) in [4.78, 5) is 26.1. The molecule has 1 aromatic heterocycles. The Kier molecular flexibility index (Phi) is 6.96. The molecule has 3 aromatic rings. The van der Waals surface area contributed by atoms with Gasteiger partial charge in [-0.05, 0) is 50.3 Å². The van der Waals surface area contributed by atoms with Crippen molar-refractivity contribution in [2.45, 2.75) is 6.42 Å². The minimum atomic E-state index is -0.0929. The lowest BCUT2D eigenvalue weighted by Crippen LogP contribution is -2.34. The molecule has 1 fully saturated rings. The largest absolute Gasteiger partial charge is 0.508 e. The fourth-order valence-corrected chi connectivity index (χ4v) is 3.95. The van der Waals surface area contributed by atoms with Crippen molar-refractivity contribution in [3.63, 3.8) is 0 Å². The van der Waals surface area contributed by atoms with Gasteiger partial charge in [0, 0.05) is 31.3 Å². The number of aromatic hydroxyl groups is 1. The van der Waals surface area contributed by atoms with Crippen LogP contribution in [0.2, 0.25) is 5.02 Å². The number of anilines is 2. The molecule has 4 rings (SSSR count). The van der Waals surface area contributed by atoms with Crippen molar-refractivity contribution in [1.82, 2.24) is 19.8 Å². The number of phenols is 1. The number of carbonyl (C=O) groups is 1. The third-order valence-electron chi connectivity index (χ3n) is 5.59. The fourth-order valence-electron chi connectivity index (χ4n) is 3.74. The molecular weight excluding hydrogens is 442 g/mol. The number of ether oxygens (including phenoxy) is 1. The van der Waals surface area contributed by atoms with Crippen LogP contribution in [0.5, 0.6) is 11.5 Å². The van der Waals surface area contributed by atoms with Crippen molar-refractivity contribution in [1.29, 1.82) is 0 Å². The summed E-state index contributed by atoms with van der Waals surface area (Å²) in [6.07, 6.45) is 4.15. The number of phenolic OH excluding ortho intramolecular Hbond substituents is 1. The van der Waals surface area contributed by atoms with Crippen molar-refractivity contribution in [3.05, 3.63) is 59.4 Å². The second kappa shape index (κ2) is 10.1. The summed E-state index contributed by atoms with van der Waals surface area (Å²) in [6.45, 7) is 3.16. The maximum Gasteiger partial charge on any atom is 0.257 e. The van der Waals surface area contributed by atoms with E-state index in [2.05, 4.69) is 27.2 Å². The Morgan fingerprint density at radius 2 is 1.91 bits per heavy atom. The van der Waals surface area contributed by atoms with E-state index in [-0.39, 0.29) is 11.7 Å². The highest BCUT2D eigenvalue weighted by atomic mass is 35.5. The Morgan fingerprint density at radius 3 is 2.67 bits per heavy atom. The molecular formula is C24H26ClN5O3. The summed E-state index contributed by atoms with van der Waals surface area (Å²) in [7, 11) is 3.59. The van der Waals surface area contributed by atoms with Crippen molar-refractivity contribution < 1.29 is 14.6 Å². The van der Waals surface area contributed by atoms with Crippen LogP contribution in [-0.2, 0) is 0 Å². The average Bonchev–Trinajstić information content (AvgIpc) is 3.04. The van der Waals surface area contributed by atoms with Crippen LogP contribution in [0.25, 0.3) is 11.3 Å². The average molecular weight is 468 g/mol. The summed E-state index contributed by atoms with van der Waals surface area (Å²) in [5, 5.41) is 13.0. The molecule has 0 unspecified atom stereocenters. The zero-order valence-electron chi connectivity index (χ0n) is 18.6. The minimum Gasteiger partial charge on any atom is -0.508 e. The molecule has 1 aliphatic heterocycles. The van der Waals surface area contributed by atoms with Gasteiger partial charge in [-0.2, -0.15) is 0 Å². The molecule has 172 valence electrons. The highest BCUT2D eigenvalue weighted by molar-refractivity contribution is 6.33. The number of nitrogens with one attached hydrogen (secondary N) is 1. The number of carbonyl (C=O) groups excluding carboxylic acids is 1. The molecule has 9 heteroatoms. The van der Waals surface area contributed by atoms with Crippen molar-refractivity contribution in [3.8, 4) is 22.8 Å². The summed E-state index contributed by atoms with van der Waals surface area (Å²) in [5.41, 5.74) is 2.44. The Hall–Kier alpha value is -3.36. The van der Waals surface area contributed by atoms with Gasteiger partial charge >= 0.3 is 0 Å². The number of amides is 1. The highest BCUT2D eigenvalue weighted by Crippen LogP contribution is 2.34. The quantitative estimate of drug-likeness (QED) is 0.585. The molecule has 2 heterocycles. The summed E-state index contributed by atoms with van der Waals surface area (Å²) < 4.78 is 5.53. The number of nitrogens with zero attached hydrogens (tertiary/aromatic N) is 4. The maximum atomic E-state index is 13.2. The maximum absolute atomic E-state index is 13.2. The minimum absolute atomic E-state index is 0.0929. The zero-order valence-corrected chi connectivity index (χ0v) is 19.3. The van der Waals surface area contributed by atoms with E-state index in [1.165, 1.54) is 7.11 Å². The second-order valence-electron chi connectivity index (χ2n) is 7.94. The number of methoxy groups -OCH3 is 1.